The van der Waals surface area contributed by atoms with Gasteiger partial charge in [0.1, 0.15) is 6.61 Å². The molecule has 0 saturated heterocycles. The molecule has 0 atom stereocenters. The normalized spacial score (nSPS) is 16.6. The van der Waals surface area contributed by atoms with Crippen molar-refractivity contribution in [3.8, 4) is 5.75 Å². The molecule has 6 heteroatoms. The first-order valence-electron chi connectivity index (χ1n) is 10.7. The van der Waals surface area contributed by atoms with Crippen molar-refractivity contribution in [2.75, 3.05) is 13.2 Å². The molecule has 3 aromatic rings. The first kappa shape index (κ1) is 19.1. The van der Waals surface area contributed by atoms with Crippen LogP contribution in [0.25, 0.3) is 5.52 Å². The molecule has 2 N–H and O–H groups in total. The molecule has 0 radical (unpaired) electrons. The van der Waals surface area contributed by atoms with E-state index in [9.17, 15) is 4.79 Å². The second-order valence-corrected chi connectivity index (χ2v) is 8.92. The van der Waals surface area contributed by atoms with E-state index in [1.807, 2.05) is 6.07 Å². The Morgan fingerprint density at radius 3 is 2.97 bits per heavy atom. The third-order valence-corrected chi connectivity index (χ3v) is 6.15. The quantitative estimate of drug-likeness (QED) is 0.696. The molecule has 6 nitrogen and oxygen atoms in total. The average molecular weight is 405 g/mol. The van der Waals surface area contributed by atoms with Crippen molar-refractivity contribution in [1.82, 2.24) is 20.0 Å². The monoisotopic (exact) mass is 404 g/mol. The second kappa shape index (κ2) is 7.13. The summed E-state index contributed by atoms with van der Waals surface area (Å²) in [6.07, 6.45) is 6.26. The highest BCUT2D eigenvalue weighted by atomic mass is 16.5. The minimum atomic E-state index is -0.575. The molecule has 0 unspecified atom stereocenters. The zero-order valence-electron chi connectivity index (χ0n) is 17.8. The number of hydrogen-bond donors (Lipinski definition) is 2. The minimum Gasteiger partial charge on any atom is -0.489 e. The van der Waals surface area contributed by atoms with Crippen LogP contribution in [0, 0.1) is 6.92 Å². The van der Waals surface area contributed by atoms with Crippen LogP contribution in [-0.2, 0) is 12.1 Å². The Labute approximate surface area is 176 Å². The molecule has 5 rings (SSSR count). The van der Waals surface area contributed by atoms with Crippen LogP contribution in [0.3, 0.4) is 0 Å². The minimum absolute atomic E-state index is 0.214. The number of pyridine rings is 2. The Hall–Kier alpha value is -2.86. The van der Waals surface area contributed by atoms with E-state index in [0.717, 1.165) is 17.8 Å². The molecule has 0 bridgehead atoms. The number of hydrogen-bond acceptors (Lipinski definition) is 4. The summed E-state index contributed by atoms with van der Waals surface area (Å²) in [6.45, 7) is 8.21. The van der Waals surface area contributed by atoms with Gasteiger partial charge in [0, 0.05) is 36.7 Å². The Kier molecular flexibility index (Phi) is 4.54. The summed E-state index contributed by atoms with van der Waals surface area (Å²) in [4.78, 5) is 17.7. The number of amides is 1. The van der Waals surface area contributed by atoms with Gasteiger partial charge in [0.15, 0.2) is 11.4 Å². The lowest BCUT2D eigenvalue weighted by atomic mass is 9.99. The molecule has 1 aliphatic heterocycles. The van der Waals surface area contributed by atoms with Crippen LogP contribution in [0.2, 0.25) is 0 Å². The van der Waals surface area contributed by atoms with Gasteiger partial charge in [0.05, 0.1) is 11.1 Å². The maximum absolute atomic E-state index is 13.3. The van der Waals surface area contributed by atoms with Crippen molar-refractivity contribution >= 4 is 11.4 Å². The fourth-order valence-electron chi connectivity index (χ4n) is 4.46. The van der Waals surface area contributed by atoms with Crippen molar-refractivity contribution in [1.29, 1.82) is 0 Å². The Morgan fingerprint density at radius 1 is 1.33 bits per heavy atom. The van der Waals surface area contributed by atoms with Gasteiger partial charge in [-0.3, -0.25) is 4.79 Å². The predicted molar refractivity (Wildman–Crippen MR) is 116 cm³/mol. The van der Waals surface area contributed by atoms with Crippen molar-refractivity contribution in [3.05, 3.63) is 64.7 Å². The number of ether oxygens (including phenoxy) is 1. The highest BCUT2D eigenvalue weighted by Gasteiger charge is 2.34. The number of aromatic nitrogens is 2. The van der Waals surface area contributed by atoms with Crippen LogP contribution in [0.5, 0.6) is 5.75 Å². The Morgan fingerprint density at radius 2 is 2.17 bits per heavy atom. The molecule has 3 aromatic heterocycles. The summed E-state index contributed by atoms with van der Waals surface area (Å²) >= 11 is 0. The van der Waals surface area contributed by atoms with Gasteiger partial charge in [-0.2, -0.15) is 0 Å². The third-order valence-electron chi connectivity index (χ3n) is 6.15. The van der Waals surface area contributed by atoms with Gasteiger partial charge < -0.3 is 19.8 Å². The van der Waals surface area contributed by atoms with Crippen LogP contribution < -0.4 is 15.4 Å². The third kappa shape index (κ3) is 3.25. The average Bonchev–Trinajstić information content (AvgIpc) is 3.51. The van der Waals surface area contributed by atoms with E-state index < -0.39 is 5.54 Å². The summed E-state index contributed by atoms with van der Waals surface area (Å²) in [5.74, 6) is 1.01. The molecular formula is C24H28N4O2. The molecule has 0 spiro atoms. The smallest absolute Gasteiger partial charge is 0.274 e. The molecule has 156 valence electrons. The number of nitrogens with zero attached hydrogens (tertiary/aromatic N) is 2. The number of carbonyl (C=O) groups excluding carboxylic acids is 1. The van der Waals surface area contributed by atoms with E-state index in [-0.39, 0.29) is 5.91 Å². The molecule has 1 saturated carbocycles. The number of rotatable bonds is 4. The lowest BCUT2D eigenvalue weighted by Gasteiger charge is -2.27. The van der Waals surface area contributed by atoms with E-state index in [2.05, 4.69) is 65.2 Å². The first-order valence-corrected chi connectivity index (χ1v) is 10.7. The number of nitrogens with one attached hydrogen (secondary N) is 2. The van der Waals surface area contributed by atoms with Gasteiger partial charge in [0.25, 0.3) is 5.91 Å². The molecule has 30 heavy (non-hydrogen) atoms. The molecule has 1 amide bonds. The van der Waals surface area contributed by atoms with Gasteiger partial charge in [-0.1, -0.05) is 6.07 Å². The maximum atomic E-state index is 13.3. The van der Waals surface area contributed by atoms with Crippen molar-refractivity contribution in [2.45, 2.75) is 51.6 Å². The van der Waals surface area contributed by atoms with Gasteiger partial charge >= 0.3 is 0 Å². The lowest BCUT2D eigenvalue weighted by molar-refractivity contribution is 0.0900. The predicted octanol–water partition coefficient (Wildman–Crippen LogP) is 3.67. The van der Waals surface area contributed by atoms with Crippen molar-refractivity contribution in [2.24, 2.45) is 0 Å². The molecule has 1 aliphatic carbocycles. The van der Waals surface area contributed by atoms with E-state index in [1.165, 1.54) is 29.5 Å². The fourth-order valence-corrected chi connectivity index (χ4v) is 4.46. The highest BCUT2D eigenvalue weighted by Crippen LogP contribution is 2.45. The summed E-state index contributed by atoms with van der Waals surface area (Å²) < 4.78 is 8.10. The summed E-state index contributed by atoms with van der Waals surface area (Å²) in [5, 5.41) is 6.52. The zero-order chi connectivity index (χ0) is 20.9. The number of aryl methyl sites for hydroxylation is 1. The Bertz CT molecular complexity index is 1130. The van der Waals surface area contributed by atoms with E-state index >= 15 is 0 Å². The van der Waals surface area contributed by atoms with Crippen LogP contribution in [0.15, 0.2) is 36.7 Å². The summed E-state index contributed by atoms with van der Waals surface area (Å²) in [5.41, 5.74) is 5.76. The van der Waals surface area contributed by atoms with Crippen LogP contribution in [0.4, 0.5) is 0 Å². The lowest BCUT2D eigenvalue weighted by Crippen LogP contribution is -2.42. The van der Waals surface area contributed by atoms with E-state index in [1.54, 1.807) is 6.20 Å². The topological polar surface area (TPSA) is 67.7 Å². The maximum Gasteiger partial charge on any atom is 0.274 e. The molecule has 1 fully saturated rings. The fraction of sp³-hybridized carbons (Fsp3) is 0.417. The molecule has 2 aliphatic rings. The Balaban J connectivity index is 1.52. The van der Waals surface area contributed by atoms with E-state index in [0.29, 0.717) is 30.5 Å². The van der Waals surface area contributed by atoms with Crippen LogP contribution in [0.1, 0.15) is 65.5 Å². The van der Waals surface area contributed by atoms with Gasteiger partial charge in [-0.15, -0.1) is 0 Å². The SMILES string of the molecule is Cc1cccn2c(C(C)(C)NC(=O)c3nccc4c3OCCNC4)cc(C3CC3)c12. The standard InChI is InChI=1S/C24H28N4O2/c1-15-5-4-11-28-19(13-18(21(15)28)16-6-7-16)24(2,3)27-23(29)20-22-17(8-9-26-20)14-25-10-12-30-22/h4-5,8-9,11,13,16,25H,6-7,10,12,14H2,1-3H3,(H,27,29). The van der Waals surface area contributed by atoms with Gasteiger partial charge in [0.2, 0.25) is 0 Å². The molecule has 0 aromatic carbocycles. The van der Waals surface area contributed by atoms with Gasteiger partial charge in [-0.05, 0) is 68.9 Å². The first-order chi connectivity index (χ1) is 14.5. The second-order valence-electron chi connectivity index (χ2n) is 8.92. The van der Waals surface area contributed by atoms with Crippen molar-refractivity contribution in [3.63, 3.8) is 0 Å². The van der Waals surface area contributed by atoms with Crippen LogP contribution in [-0.4, -0.2) is 28.4 Å². The zero-order valence-corrected chi connectivity index (χ0v) is 17.8. The number of carbonyl (C=O) groups is 1. The van der Waals surface area contributed by atoms with Crippen molar-refractivity contribution < 1.29 is 9.53 Å². The van der Waals surface area contributed by atoms with Gasteiger partial charge in [-0.25, -0.2) is 4.98 Å². The molecule has 4 heterocycles. The summed E-state index contributed by atoms with van der Waals surface area (Å²) in [6, 6.07) is 8.41. The highest BCUT2D eigenvalue weighted by molar-refractivity contribution is 5.96. The number of fused-ring (bicyclic) bond motifs is 2. The molecular weight excluding hydrogens is 376 g/mol. The van der Waals surface area contributed by atoms with Crippen LogP contribution >= 0.6 is 0 Å². The summed E-state index contributed by atoms with van der Waals surface area (Å²) in [7, 11) is 0. The van der Waals surface area contributed by atoms with E-state index in [4.69, 9.17) is 4.74 Å². The largest absolute Gasteiger partial charge is 0.489 e.